The minimum Gasteiger partial charge on any atom is -0.460 e. The molecule has 0 saturated carbocycles. The van der Waals surface area contributed by atoms with E-state index < -0.39 is 6.29 Å². The molecule has 1 atom stereocenters. The number of pyridine rings is 1. The van der Waals surface area contributed by atoms with Crippen LogP contribution in [0.3, 0.4) is 0 Å². The SMILES string of the molecule is CCCCCCCOC(Oc1ccccc1C(=O)Nc1cccnc1)c1ccccc1. The first-order chi connectivity index (χ1) is 15.3. The van der Waals surface area contributed by atoms with Gasteiger partial charge in [-0.15, -0.1) is 0 Å². The van der Waals surface area contributed by atoms with Crippen molar-refractivity contribution in [1.82, 2.24) is 4.98 Å². The highest BCUT2D eigenvalue weighted by Gasteiger charge is 2.19. The van der Waals surface area contributed by atoms with E-state index in [9.17, 15) is 4.79 Å². The van der Waals surface area contributed by atoms with Crippen molar-refractivity contribution in [2.24, 2.45) is 0 Å². The molecular weight excluding hydrogens is 388 g/mol. The maximum atomic E-state index is 12.9. The number of nitrogens with one attached hydrogen (secondary N) is 1. The second-order valence-corrected chi connectivity index (χ2v) is 7.34. The van der Waals surface area contributed by atoms with Crippen molar-refractivity contribution in [3.63, 3.8) is 0 Å². The molecule has 1 heterocycles. The maximum absolute atomic E-state index is 12.9. The lowest BCUT2D eigenvalue weighted by molar-refractivity contribution is -0.0848. The first-order valence-electron chi connectivity index (χ1n) is 10.9. The largest absolute Gasteiger partial charge is 0.460 e. The van der Waals surface area contributed by atoms with E-state index >= 15 is 0 Å². The van der Waals surface area contributed by atoms with E-state index in [0.717, 1.165) is 18.4 Å². The number of aromatic nitrogens is 1. The van der Waals surface area contributed by atoms with Gasteiger partial charge in [-0.2, -0.15) is 0 Å². The van der Waals surface area contributed by atoms with Gasteiger partial charge in [-0.25, -0.2) is 0 Å². The molecule has 1 N–H and O–H groups in total. The molecule has 0 aliphatic rings. The van der Waals surface area contributed by atoms with Gasteiger partial charge in [0.2, 0.25) is 6.29 Å². The number of amides is 1. The van der Waals surface area contributed by atoms with E-state index in [0.29, 0.717) is 23.6 Å². The predicted octanol–water partition coefficient (Wildman–Crippen LogP) is 6.40. The number of unbranched alkanes of at least 4 members (excludes halogenated alkanes) is 4. The highest BCUT2D eigenvalue weighted by molar-refractivity contribution is 6.06. The zero-order valence-corrected chi connectivity index (χ0v) is 18.0. The summed E-state index contributed by atoms with van der Waals surface area (Å²) in [4.78, 5) is 16.9. The van der Waals surface area contributed by atoms with Gasteiger partial charge >= 0.3 is 0 Å². The molecule has 0 radical (unpaired) electrons. The Balaban J connectivity index is 1.71. The van der Waals surface area contributed by atoms with Gasteiger partial charge in [-0.3, -0.25) is 9.78 Å². The summed E-state index contributed by atoms with van der Waals surface area (Å²) in [6.45, 7) is 2.81. The average Bonchev–Trinajstić information content (AvgIpc) is 2.82. The van der Waals surface area contributed by atoms with Crippen LogP contribution in [0.15, 0.2) is 79.1 Å². The topological polar surface area (TPSA) is 60.5 Å². The van der Waals surface area contributed by atoms with E-state index in [-0.39, 0.29) is 5.91 Å². The highest BCUT2D eigenvalue weighted by Crippen LogP contribution is 2.27. The van der Waals surface area contributed by atoms with Gasteiger partial charge in [0.05, 0.1) is 24.1 Å². The fraction of sp³-hybridized carbons (Fsp3) is 0.308. The van der Waals surface area contributed by atoms with Crippen LogP contribution in [-0.2, 0) is 4.74 Å². The fourth-order valence-electron chi connectivity index (χ4n) is 3.21. The van der Waals surface area contributed by atoms with E-state index in [2.05, 4.69) is 17.2 Å². The number of nitrogens with zero attached hydrogens (tertiary/aromatic N) is 1. The molecule has 0 fully saturated rings. The zero-order chi connectivity index (χ0) is 21.7. The Morgan fingerprint density at radius 1 is 0.935 bits per heavy atom. The lowest BCUT2D eigenvalue weighted by Crippen LogP contribution is -2.17. The van der Waals surface area contributed by atoms with E-state index in [4.69, 9.17) is 9.47 Å². The van der Waals surface area contributed by atoms with Crippen molar-refractivity contribution in [3.05, 3.63) is 90.3 Å². The Labute approximate surface area is 184 Å². The third-order valence-electron chi connectivity index (χ3n) is 4.87. The van der Waals surface area contributed by atoms with Gasteiger partial charge in [0, 0.05) is 11.8 Å². The minimum absolute atomic E-state index is 0.255. The average molecular weight is 419 g/mol. The molecule has 1 unspecified atom stereocenters. The Morgan fingerprint density at radius 2 is 1.71 bits per heavy atom. The number of rotatable bonds is 12. The van der Waals surface area contributed by atoms with Crippen molar-refractivity contribution < 1.29 is 14.3 Å². The summed E-state index contributed by atoms with van der Waals surface area (Å²) in [5.41, 5.74) is 1.99. The molecule has 31 heavy (non-hydrogen) atoms. The standard InChI is InChI=1S/C26H30N2O3/c1-2-3-4-5-11-19-30-26(21-13-7-6-8-14-21)31-24-17-10-9-16-23(24)25(29)28-22-15-12-18-27-20-22/h6-10,12-18,20,26H,2-5,11,19H2,1H3,(H,28,29). The molecule has 0 aliphatic carbocycles. The molecule has 5 nitrogen and oxygen atoms in total. The number of anilines is 1. The minimum atomic E-state index is -0.584. The smallest absolute Gasteiger partial charge is 0.259 e. The van der Waals surface area contributed by atoms with Crippen molar-refractivity contribution in [2.75, 3.05) is 11.9 Å². The van der Waals surface area contributed by atoms with Crippen LogP contribution in [0.2, 0.25) is 0 Å². The molecular formula is C26H30N2O3. The molecule has 1 aromatic heterocycles. The lowest BCUT2D eigenvalue weighted by atomic mass is 10.1. The molecule has 0 saturated heterocycles. The van der Waals surface area contributed by atoms with Crippen LogP contribution in [0, 0.1) is 0 Å². The van der Waals surface area contributed by atoms with Crippen molar-refractivity contribution >= 4 is 11.6 Å². The number of hydrogen-bond donors (Lipinski definition) is 1. The quantitative estimate of drug-likeness (QED) is 0.273. The van der Waals surface area contributed by atoms with Gasteiger partial charge in [0.1, 0.15) is 5.75 Å². The molecule has 2 aromatic carbocycles. The van der Waals surface area contributed by atoms with Crippen LogP contribution in [-0.4, -0.2) is 17.5 Å². The fourth-order valence-corrected chi connectivity index (χ4v) is 3.21. The molecule has 0 bridgehead atoms. The molecule has 5 heteroatoms. The van der Waals surface area contributed by atoms with Gasteiger partial charge in [-0.05, 0) is 30.7 Å². The number of carbonyl (C=O) groups is 1. The van der Waals surface area contributed by atoms with Crippen molar-refractivity contribution in [3.8, 4) is 5.75 Å². The van der Waals surface area contributed by atoms with Crippen LogP contribution in [0.5, 0.6) is 5.75 Å². The lowest BCUT2D eigenvalue weighted by Gasteiger charge is -2.21. The second kappa shape index (κ2) is 12.5. The molecule has 3 rings (SSSR count). The van der Waals surface area contributed by atoms with Crippen LogP contribution in [0.25, 0.3) is 0 Å². The summed E-state index contributed by atoms with van der Waals surface area (Å²) in [6, 6.07) is 20.6. The molecule has 0 spiro atoms. The normalized spacial score (nSPS) is 11.6. The summed E-state index contributed by atoms with van der Waals surface area (Å²) in [6.07, 6.45) is 8.49. The summed E-state index contributed by atoms with van der Waals surface area (Å²) >= 11 is 0. The Morgan fingerprint density at radius 3 is 2.48 bits per heavy atom. The molecule has 0 aliphatic heterocycles. The molecule has 3 aromatic rings. The van der Waals surface area contributed by atoms with Crippen molar-refractivity contribution in [1.29, 1.82) is 0 Å². The first kappa shape index (κ1) is 22.5. The third-order valence-corrected chi connectivity index (χ3v) is 4.87. The number of ether oxygens (including phenoxy) is 2. The summed E-state index contributed by atoms with van der Waals surface area (Å²) in [7, 11) is 0. The van der Waals surface area contributed by atoms with Gasteiger partial charge in [-0.1, -0.05) is 75.1 Å². The van der Waals surface area contributed by atoms with E-state index in [1.807, 2.05) is 42.5 Å². The van der Waals surface area contributed by atoms with E-state index in [1.54, 1.807) is 36.7 Å². The van der Waals surface area contributed by atoms with Crippen LogP contribution in [0.4, 0.5) is 5.69 Å². The Hall–Kier alpha value is -3.18. The number of benzene rings is 2. The zero-order valence-electron chi connectivity index (χ0n) is 18.0. The van der Waals surface area contributed by atoms with Gasteiger partial charge in [0.15, 0.2) is 0 Å². The van der Waals surface area contributed by atoms with Crippen molar-refractivity contribution in [2.45, 2.75) is 45.3 Å². The molecule has 162 valence electrons. The summed E-state index contributed by atoms with van der Waals surface area (Å²) in [5.74, 6) is 0.221. The first-order valence-corrected chi connectivity index (χ1v) is 10.9. The summed E-state index contributed by atoms with van der Waals surface area (Å²) < 4.78 is 12.3. The van der Waals surface area contributed by atoms with Crippen LogP contribution < -0.4 is 10.1 Å². The third kappa shape index (κ3) is 7.23. The second-order valence-electron chi connectivity index (χ2n) is 7.34. The van der Waals surface area contributed by atoms with Gasteiger partial charge in [0.25, 0.3) is 5.91 Å². The Bertz CT molecular complexity index is 916. The predicted molar refractivity (Wildman–Crippen MR) is 123 cm³/mol. The number of carbonyl (C=O) groups excluding carboxylic acids is 1. The summed E-state index contributed by atoms with van der Waals surface area (Å²) in [5, 5.41) is 2.86. The van der Waals surface area contributed by atoms with Crippen LogP contribution >= 0.6 is 0 Å². The Kier molecular flexibility index (Phi) is 9.07. The maximum Gasteiger partial charge on any atom is 0.259 e. The highest BCUT2D eigenvalue weighted by atomic mass is 16.7. The van der Waals surface area contributed by atoms with Gasteiger partial charge < -0.3 is 14.8 Å². The number of para-hydroxylation sites is 1. The van der Waals surface area contributed by atoms with Crippen LogP contribution in [0.1, 0.15) is 61.2 Å². The number of hydrogen-bond acceptors (Lipinski definition) is 4. The monoisotopic (exact) mass is 418 g/mol. The van der Waals surface area contributed by atoms with E-state index in [1.165, 1.54) is 19.3 Å². The molecule has 1 amide bonds.